The normalized spacial score (nSPS) is 45.7. The SMILES string of the molecule is C1=CC2CCC1S2. The van der Waals surface area contributed by atoms with Crippen LogP contribution in [-0.4, -0.2) is 10.5 Å². The van der Waals surface area contributed by atoms with Crippen LogP contribution in [0.3, 0.4) is 0 Å². The first-order valence-electron chi connectivity index (χ1n) is 2.79. The number of rotatable bonds is 0. The maximum Gasteiger partial charge on any atom is 0.0233 e. The van der Waals surface area contributed by atoms with Gasteiger partial charge in [0.15, 0.2) is 0 Å². The molecule has 0 spiro atoms. The Labute approximate surface area is 48.0 Å². The van der Waals surface area contributed by atoms with E-state index in [9.17, 15) is 0 Å². The summed E-state index contributed by atoms with van der Waals surface area (Å²) in [5, 5.41) is 1.81. The lowest BCUT2D eigenvalue weighted by Gasteiger charge is -1.94. The van der Waals surface area contributed by atoms with Gasteiger partial charge in [0.2, 0.25) is 0 Å². The molecule has 0 aromatic carbocycles. The van der Waals surface area contributed by atoms with Crippen molar-refractivity contribution in [3.63, 3.8) is 0 Å². The Kier molecular flexibility index (Phi) is 0.736. The zero-order valence-electron chi connectivity index (χ0n) is 4.13. The van der Waals surface area contributed by atoms with E-state index in [4.69, 9.17) is 0 Å². The molecule has 0 radical (unpaired) electrons. The van der Waals surface area contributed by atoms with Crippen LogP contribution in [0.4, 0.5) is 0 Å². The summed E-state index contributed by atoms with van der Waals surface area (Å²) >= 11 is 2.12. The maximum atomic E-state index is 2.35. The summed E-state index contributed by atoms with van der Waals surface area (Å²) in [6, 6.07) is 0. The second-order valence-electron chi connectivity index (χ2n) is 2.18. The number of hydrogen-bond donors (Lipinski definition) is 0. The molecule has 0 aromatic heterocycles. The minimum Gasteiger partial charge on any atom is -0.147 e. The molecule has 0 N–H and O–H groups in total. The Morgan fingerprint density at radius 2 is 1.71 bits per heavy atom. The molecule has 0 nitrogen and oxygen atoms in total. The highest BCUT2D eigenvalue weighted by Crippen LogP contribution is 2.40. The Balaban J connectivity index is 2.27. The fourth-order valence-electron chi connectivity index (χ4n) is 1.22. The molecule has 1 saturated heterocycles. The van der Waals surface area contributed by atoms with Gasteiger partial charge < -0.3 is 0 Å². The first kappa shape index (κ1) is 4.02. The van der Waals surface area contributed by atoms with Crippen molar-refractivity contribution in [2.45, 2.75) is 23.3 Å². The van der Waals surface area contributed by atoms with Gasteiger partial charge in [-0.15, -0.1) is 11.8 Å². The molecule has 0 amide bonds. The van der Waals surface area contributed by atoms with Crippen molar-refractivity contribution in [2.75, 3.05) is 0 Å². The molecule has 2 atom stereocenters. The molecule has 0 saturated carbocycles. The van der Waals surface area contributed by atoms with Gasteiger partial charge >= 0.3 is 0 Å². The van der Waals surface area contributed by atoms with Crippen LogP contribution in [0.25, 0.3) is 0 Å². The summed E-state index contributed by atoms with van der Waals surface area (Å²) in [4.78, 5) is 0. The van der Waals surface area contributed by atoms with Crippen LogP contribution in [0.1, 0.15) is 12.8 Å². The predicted octanol–water partition coefficient (Wildman–Crippen LogP) is 1.82. The van der Waals surface area contributed by atoms with Crippen LogP contribution >= 0.6 is 11.8 Å². The van der Waals surface area contributed by atoms with E-state index in [1.165, 1.54) is 12.8 Å². The van der Waals surface area contributed by atoms with E-state index in [1.54, 1.807) is 0 Å². The number of fused-ring (bicyclic) bond motifs is 2. The fraction of sp³-hybridized carbons (Fsp3) is 0.667. The molecule has 1 heteroatoms. The molecule has 38 valence electrons. The lowest BCUT2D eigenvalue weighted by Crippen LogP contribution is -1.90. The van der Waals surface area contributed by atoms with E-state index in [1.807, 2.05) is 0 Å². The second-order valence-corrected chi connectivity index (χ2v) is 3.66. The van der Waals surface area contributed by atoms with E-state index >= 15 is 0 Å². The van der Waals surface area contributed by atoms with Crippen LogP contribution in [-0.2, 0) is 0 Å². The van der Waals surface area contributed by atoms with Crippen molar-refractivity contribution in [2.24, 2.45) is 0 Å². The van der Waals surface area contributed by atoms with E-state index in [2.05, 4.69) is 23.9 Å². The Bertz CT molecular complexity index is 94.7. The minimum absolute atomic E-state index is 0.907. The highest BCUT2D eigenvalue weighted by Gasteiger charge is 2.25. The lowest BCUT2D eigenvalue weighted by atomic mass is 10.1. The first-order valence-corrected chi connectivity index (χ1v) is 3.73. The highest BCUT2D eigenvalue weighted by molar-refractivity contribution is 8.01. The maximum absolute atomic E-state index is 2.35. The third kappa shape index (κ3) is 0.513. The molecule has 1 fully saturated rings. The van der Waals surface area contributed by atoms with E-state index in [-0.39, 0.29) is 0 Å². The third-order valence-corrected chi connectivity index (χ3v) is 3.11. The largest absolute Gasteiger partial charge is 0.147 e. The summed E-state index contributed by atoms with van der Waals surface area (Å²) in [5.41, 5.74) is 0. The topological polar surface area (TPSA) is 0 Å². The molecule has 7 heavy (non-hydrogen) atoms. The zero-order chi connectivity index (χ0) is 4.69. The molecular weight excluding hydrogens is 104 g/mol. The van der Waals surface area contributed by atoms with Gasteiger partial charge in [-0.25, -0.2) is 0 Å². The van der Waals surface area contributed by atoms with Crippen LogP contribution in [0.5, 0.6) is 0 Å². The summed E-state index contributed by atoms with van der Waals surface area (Å²) in [6.07, 6.45) is 7.56. The molecular formula is C6H8S. The van der Waals surface area contributed by atoms with Gasteiger partial charge in [0.05, 0.1) is 0 Å². The van der Waals surface area contributed by atoms with Crippen LogP contribution < -0.4 is 0 Å². The first-order chi connectivity index (χ1) is 3.45. The van der Waals surface area contributed by atoms with Gasteiger partial charge in [0.25, 0.3) is 0 Å². The van der Waals surface area contributed by atoms with Crippen molar-refractivity contribution in [1.29, 1.82) is 0 Å². The van der Waals surface area contributed by atoms with E-state index in [0.29, 0.717) is 0 Å². The van der Waals surface area contributed by atoms with Crippen LogP contribution in [0, 0.1) is 0 Å². The quantitative estimate of drug-likeness (QED) is 0.431. The molecule has 2 bridgehead atoms. The molecule has 0 aliphatic carbocycles. The molecule has 2 rings (SSSR count). The number of hydrogen-bond acceptors (Lipinski definition) is 1. The lowest BCUT2D eigenvalue weighted by molar-refractivity contribution is 0.804. The van der Waals surface area contributed by atoms with Crippen LogP contribution in [0.15, 0.2) is 12.2 Å². The van der Waals surface area contributed by atoms with Crippen molar-refractivity contribution >= 4 is 11.8 Å². The van der Waals surface area contributed by atoms with Crippen LogP contribution in [0.2, 0.25) is 0 Å². The summed E-state index contributed by atoms with van der Waals surface area (Å²) in [6.45, 7) is 0. The van der Waals surface area contributed by atoms with E-state index in [0.717, 1.165) is 10.5 Å². The zero-order valence-corrected chi connectivity index (χ0v) is 4.95. The Morgan fingerprint density at radius 1 is 1.14 bits per heavy atom. The van der Waals surface area contributed by atoms with Crippen molar-refractivity contribution in [1.82, 2.24) is 0 Å². The van der Waals surface area contributed by atoms with Crippen molar-refractivity contribution in [3.8, 4) is 0 Å². The minimum atomic E-state index is 0.907. The smallest absolute Gasteiger partial charge is 0.0233 e. The standard InChI is InChI=1S/C6H8S/c1-2-6-4-3-5(1)7-6/h1-2,5-6H,3-4H2. The highest BCUT2D eigenvalue weighted by atomic mass is 32.2. The molecule has 2 unspecified atom stereocenters. The predicted molar refractivity (Wildman–Crippen MR) is 33.5 cm³/mol. The molecule has 0 aromatic rings. The van der Waals surface area contributed by atoms with Gasteiger partial charge in [-0.3, -0.25) is 0 Å². The monoisotopic (exact) mass is 112 g/mol. The molecule has 2 heterocycles. The van der Waals surface area contributed by atoms with Gasteiger partial charge in [-0.05, 0) is 12.8 Å². The number of thioether (sulfide) groups is 1. The average Bonchev–Trinajstić information content (AvgIpc) is 2.22. The molecule has 2 aliphatic rings. The molecule has 2 aliphatic heterocycles. The second kappa shape index (κ2) is 1.28. The van der Waals surface area contributed by atoms with Gasteiger partial charge in [0, 0.05) is 10.5 Å². The Morgan fingerprint density at radius 3 is 1.86 bits per heavy atom. The van der Waals surface area contributed by atoms with Crippen molar-refractivity contribution < 1.29 is 0 Å². The summed E-state index contributed by atoms with van der Waals surface area (Å²) < 4.78 is 0. The van der Waals surface area contributed by atoms with Gasteiger partial charge in [0.1, 0.15) is 0 Å². The summed E-state index contributed by atoms with van der Waals surface area (Å²) in [5.74, 6) is 0. The Hall–Kier alpha value is 0.0900. The van der Waals surface area contributed by atoms with Gasteiger partial charge in [-0.1, -0.05) is 12.2 Å². The van der Waals surface area contributed by atoms with Gasteiger partial charge in [-0.2, -0.15) is 0 Å². The van der Waals surface area contributed by atoms with Crippen molar-refractivity contribution in [3.05, 3.63) is 12.2 Å². The van der Waals surface area contributed by atoms with E-state index < -0.39 is 0 Å². The summed E-state index contributed by atoms with van der Waals surface area (Å²) in [7, 11) is 0. The third-order valence-electron chi connectivity index (χ3n) is 1.63. The fourth-order valence-corrected chi connectivity index (χ4v) is 2.58. The average molecular weight is 112 g/mol.